The maximum atomic E-state index is 12.1. The second kappa shape index (κ2) is 7.67. The van der Waals surface area contributed by atoms with Gasteiger partial charge in [0, 0.05) is 21.9 Å². The number of Topliss-reactive ketones (excluding diaryl/α,β-unsaturated/α-hetero) is 1. The molecule has 3 nitrogen and oxygen atoms in total. The van der Waals surface area contributed by atoms with Gasteiger partial charge in [0.15, 0.2) is 5.78 Å². The number of likely N-dealkylation sites (N-methyl/N-ethyl adjacent to an activating group) is 1. The number of unbranched alkanes of at least 4 members (excludes halogenated alkanes) is 2. The number of carbonyl (C=O) groups excluding carboxylic acids is 1. The van der Waals surface area contributed by atoms with E-state index in [2.05, 4.69) is 4.90 Å². The van der Waals surface area contributed by atoms with Gasteiger partial charge in [0.2, 0.25) is 0 Å². The minimum absolute atomic E-state index is 0.210. The Balaban J connectivity index is 2.37. The van der Waals surface area contributed by atoms with Crippen LogP contribution < -0.4 is 0 Å². The summed E-state index contributed by atoms with van der Waals surface area (Å²) < 4.78 is 0. The number of aryl methyl sites for hydroxylation is 2. The summed E-state index contributed by atoms with van der Waals surface area (Å²) in [6.07, 6.45) is 2.90. The average Bonchev–Trinajstić information content (AvgIpc) is 2.64. The molecule has 1 aromatic rings. The van der Waals surface area contributed by atoms with Crippen LogP contribution in [0.1, 0.15) is 39.4 Å². The second-order valence-electron chi connectivity index (χ2n) is 4.77. The summed E-state index contributed by atoms with van der Waals surface area (Å²) in [4.78, 5) is 16.5. The van der Waals surface area contributed by atoms with Gasteiger partial charge in [0.05, 0.1) is 6.54 Å². The summed E-state index contributed by atoms with van der Waals surface area (Å²) in [6.45, 7) is 5.69. The average molecular weight is 269 g/mol. The monoisotopic (exact) mass is 269 g/mol. The summed E-state index contributed by atoms with van der Waals surface area (Å²) in [7, 11) is 1.98. The number of carbonyl (C=O) groups is 1. The molecule has 0 amide bonds. The van der Waals surface area contributed by atoms with E-state index in [-0.39, 0.29) is 12.4 Å². The van der Waals surface area contributed by atoms with E-state index >= 15 is 0 Å². The first kappa shape index (κ1) is 15.3. The van der Waals surface area contributed by atoms with Gasteiger partial charge in [-0.05, 0) is 52.8 Å². The zero-order chi connectivity index (χ0) is 13.5. The van der Waals surface area contributed by atoms with Crippen molar-refractivity contribution in [2.24, 2.45) is 0 Å². The van der Waals surface area contributed by atoms with Gasteiger partial charge in [0.25, 0.3) is 0 Å². The van der Waals surface area contributed by atoms with Gasteiger partial charge in [0.1, 0.15) is 0 Å². The Labute approximate surface area is 113 Å². The van der Waals surface area contributed by atoms with E-state index < -0.39 is 0 Å². The molecule has 4 heteroatoms. The fourth-order valence-corrected chi connectivity index (χ4v) is 2.93. The third-order valence-electron chi connectivity index (χ3n) is 2.95. The Hall–Kier alpha value is -0.710. The molecule has 102 valence electrons. The molecule has 1 heterocycles. The third kappa shape index (κ3) is 4.88. The number of hydrogen-bond donors (Lipinski definition) is 1. The topological polar surface area (TPSA) is 40.5 Å². The highest BCUT2D eigenvalue weighted by Gasteiger charge is 2.13. The number of hydrogen-bond acceptors (Lipinski definition) is 4. The van der Waals surface area contributed by atoms with Crippen LogP contribution in [-0.4, -0.2) is 42.5 Å². The van der Waals surface area contributed by atoms with Crippen LogP contribution in [0.3, 0.4) is 0 Å². The molecule has 0 radical (unpaired) electrons. The van der Waals surface area contributed by atoms with Crippen molar-refractivity contribution in [3.63, 3.8) is 0 Å². The summed E-state index contributed by atoms with van der Waals surface area (Å²) in [5, 5.41) is 8.69. The van der Waals surface area contributed by atoms with Crippen molar-refractivity contribution in [3.05, 3.63) is 21.4 Å². The van der Waals surface area contributed by atoms with Gasteiger partial charge in [-0.1, -0.05) is 0 Å². The largest absolute Gasteiger partial charge is 0.396 e. The lowest BCUT2D eigenvalue weighted by molar-refractivity contribution is 0.0945. The zero-order valence-electron chi connectivity index (χ0n) is 11.5. The molecule has 1 aromatic heterocycles. The van der Waals surface area contributed by atoms with Crippen LogP contribution in [0.5, 0.6) is 0 Å². The highest BCUT2D eigenvalue weighted by molar-refractivity contribution is 7.12. The van der Waals surface area contributed by atoms with Crippen molar-refractivity contribution < 1.29 is 9.90 Å². The molecule has 0 aliphatic carbocycles. The van der Waals surface area contributed by atoms with Crippen molar-refractivity contribution in [2.75, 3.05) is 26.7 Å². The summed E-state index contributed by atoms with van der Waals surface area (Å²) in [5.41, 5.74) is 0.875. The first-order chi connectivity index (χ1) is 8.54. The number of aliphatic hydroxyl groups excluding tert-OH is 1. The van der Waals surface area contributed by atoms with E-state index in [1.807, 2.05) is 27.0 Å². The van der Waals surface area contributed by atoms with Crippen LogP contribution in [0.2, 0.25) is 0 Å². The Kier molecular flexibility index (Phi) is 6.54. The van der Waals surface area contributed by atoms with E-state index in [0.717, 1.165) is 36.2 Å². The zero-order valence-corrected chi connectivity index (χ0v) is 12.3. The Morgan fingerprint density at radius 2 is 2.06 bits per heavy atom. The van der Waals surface area contributed by atoms with Gasteiger partial charge < -0.3 is 5.11 Å². The van der Waals surface area contributed by atoms with E-state index in [1.54, 1.807) is 11.3 Å². The Morgan fingerprint density at radius 1 is 1.33 bits per heavy atom. The minimum atomic E-state index is 0.210. The molecule has 0 unspecified atom stereocenters. The summed E-state index contributed by atoms with van der Waals surface area (Å²) in [6, 6.07) is 1.99. The molecule has 1 rings (SSSR count). The number of aliphatic hydroxyl groups is 1. The van der Waals surface area contributed by atoms with Crippen LogP contribution in [0.15, 0.2) is 6.07 Å². The molecule has 0 atom stereocenters. The standard InChI is InChI=1S/C14H23NO2S/c1-11-9-13(12(2)18-11)14(17)10-15(3)7-5-4-6-8-16/h9,16H,4-8,10H2,1-3H3. The molecule has 0 saturated heterocycles. The normalized spacial score (nSPS) is 11.2. The molecule has 1 N–H and O–H groups in total. The predicted octanol–water partition coefficient (Wildman–Crippen LogP) is 2.64. The van der Waals surface area contributed by atoms with Crippen molar-refractivity contribution in [1.82, 2.24) is 4.90 Å². The van der Waals surface area contributed by atoms with Crippen LogP contribution in [0, 0.1) is 13.8 Å². The molecule has 0 aliphatic heterocycles. The number of rotatable bonds is 8. The molecule has 0 fully saturated rings. The quantitative estimate of drug-likeness (QED) is 0.582. The Morgan fingerprint density at radius 3 is 2.61 bits per heavy atom. The van der Waals surface area contributed by atoms with Gasteiger partial charge in [-0.2, -0.15) is 0 Å². The van der Waals surface area contributed by atoms with Crippen molar-refractivity contribution in [2.45, 2.75) is 33.1 Å². The molecule has 0 aromatic carbocycles. The third-order valence-corrected chi connectivity index (χ3v) is 3.92. The molecule has 0 aliphatic rings. The van der Waals surface area contributed by atoms with Crippen molar-refractivity contribution in [3.8, 4) is 0 Å². The van der Waals surface area contributed by atoms with E-state index in [1.165, 1.54) is 4.88 Å². The van der Waals surface area contributed by atoms with E-state index in [0.29, 0.717) is 6.54 Å². The Bertz CT molecular complexity index is 387. The maximum Gasteiger partial charge on any atom is 0.177 e. The van der Waals surface area contributed by atoms with E-state index in [9.17, 15) is 4.79 Å². The lowest BCUT2D eigenvalue weighted by atomic mass is 10.1. The van der Waals surface area contributed by atoms with Crippen LogP contribution in [-0.2, 0) is 0 Å². The predicted molar refractivity (Wildman–Crippen MR) is 76.6 cm³/mol. The molecular weight excluding hydrogens is 246 g/mol. The smallest absolute Gasteiger partial charge is 0.177 e. The fraction of sp³-hybridized carbons (Fsp3) is 0.643. The summed E-state index contributed by atoms with van der Waals surface area (Å²) >= 11 is 1.68. The molecule has 0 spiro atoms. The molecule has 0 saturated carbocycles. The van der Waals surface area contributed by atoms with Crippen LogP contribution in [0.25, 0.3) is 0 Å². The van der Waals surface area contributed by atoms with Crippen LogP contribution in [0.4, 0.5) is 0 Å². The summed E-state index contributed by atoms with van der Waals surface area (Å²) in [5.74, 6) is 0.210. The SMILES string of the molecule is Cc1cc(C(=O)CN(C)CCCCCO)c(C)s1. The minimum Gasteiger partial charge on any atom is -0.396 e. The van der Waals surface area contributed by atoms with Gasteiger partial charge >= 0.3 is 0 Å². The first-order valence-electron chi connectivity index (χ1n) is 6.44. The second-order valence-corrected chi connectivity index (χ2v) is 6.23. The number of nitrogens with zero attached hydrogens (tertiary/aromatic N) is 1. The number of thiophene rings is 1. The number of ketones is 1. The molecule has 0 bridgehead atoms. The fourth-order valence-electron chi connectivity index (χ4n) is 1.99. The maximum absolute atomic E-state index is 12.1. The van der Waals surface area contributed by atoms with Gasteiger partial charge in [-0.25, -0.2) is 0 Å². The van der Waals surface area contributed by atoms with Crippen molar-refractivity contribution in [1.29, 1.82) is 0 Å². The van der Waals surface area contributed by atoms with Crippen molar-refractivity contribution >= 4 is 17.1 Å². The lowest BCUT2D eigenvalue weighted by Gasteiger charge is -2.15. The highest BCUT2D eigenvalue weighted by atomic mass is 32.1. The molecule has 18 heavy (non-hydrogen) atoms. The highest BCUT2D eigenvalue weighted by Crippen LogP contribution is 2.21. The van der Waals surface area contributed by atoms with E-state index in [4.69, 9.17) is 5.11 Å². The molecular formula is C14H23NO2S. The van der Waals surface area contributed by atoms with Gasteiger partial charge in [-0.15, -0.1) is 11.3 Å². The van der Waals surface area contributed by atoms with Crippen LogP contribution >= 0.6 is 11.3 Å². The first-order valence-corrected chi connectivity index (χ1v) is 7.26. The lowest BCUT2D eigenvalue weighted by Crippen LogP contribution is -2.27. The van der Waals surface area contributed by atoms with Gasteiger partial charge in [-0.3, -0.25) is 9.69 Å².